The molecular weight excluding hydrogens is 292 g/mol. The summed E-state index contributed by atoms with van der Waals surface area (Å²) in [6.45, 7) is 0.692. The quantitative estimate of drug-likeness (QED) is 0.489. The number of amides is 1. The number of nitrogens with one attached hydrogen (secondary N) is 1. The van der Waals surface area contributed by atoms with Crippen molar-refractivity contribution < 1.29 is 18.3 Å². The third kappa shape index (κ3) is 6.14. The van der Waals surface area contributed by atoms with Gasteiger partial charge >= 0.3 is 0 Å². The lowest BCUT2D eigenvalue weighted by atomic mass is 10.1. The molecule has 1 amide bonds. The second-order valence-corrected chi connectivity index (χ2v) is 6.97. The molecule has 6 nitrogen and oxygen atoms in total. The number of unbranched alkanes of at least 4 members (excludes halogenated alkanes) is 3. The van der Waals surface area contributed by atoms with Crippen molar-refractivity contribution in [3.05, 3.63) is 23.8 Å². The predicted octanol–water partition coefficient (Wildman–Crippen LogP) is 0.955. The third-order valence-corrected chi connectivity index (χ3v) is 4.08. The van der Waals surface area contributed by atoms with Crippen molar-refractivity contribution in [2.75, 3.05) is 25.1 Å². The monoisotopic (exact) mass is 314 g/mol. The number of anilines is 1. The van der Waals surface area contributed by atoms with Crippen molar-refractivity contribution in [3.63, 3.8) is 0 Å². The van der Waals surface area contributed by atoms with E-state index in [2.05, 4.69) is 5.32 Å². The predicted molar refractivity (Wildman–Crippen MR) is 81.9 cm³/mol. The molecule has 118 valence electrons. The fourth-order valence-corrected chi connectivity index (χ4v) is 2.55. The van der Waals surface area contributed by atoms with Gasteiger partial charge in [0.25, 0.3) is 5.91 Å². The maximum Gasteiger partial charge on any atom is 0.251 e. The summed E-state index contributed by atoms with van der Waals surface area (Å²) < 4.78 is 23.0. The van der Waals surface area contributed by atoms with Gasteiger partial charge in [-0.2, -0.15) is 0 Å². The topological polar surface area (TPSA) is 109 Å². The number of sulfone groups is 1. The number of hydrogen-bond donors (Lipinski definition) is 3. The van der Waals surface area contributed by atoms with Crippen molar-refractivity contribution in [3.8, 4) is 0 Å². The van der Waals surface area contributed by atoms with Gasteiger partial charge in [-0.05, 0) is 31.0 Å². The van der Waals surface area contributed by atoms with Gasteiger partial charge < -0.3 is 16.2 Å². The highest BCUT2D eigenvalue weighted by Gasteiger charge is 2.13. The molecule has 0 aromatic heterocycles. The minimum atomic E-state index is -3.40. The lowest BCUT2D eigenvalue weighted by molar-refractivity contribution is 0.0952. The molecule has 0 unspecified atom stereocenters. The Hall–Kier alpha value is -1.60. The molecule has 4 N–H and O–H groups in total. The number of carbonyl (C=O) groups is 1. The van der Waals surface area contributed by atoms with Crippen LogP contribution in [0.4, 0.5) is 5.69 Å². The molecule has 7 heteroatoms. The minimum Gasteiger partial charge on any atom is -0.399 e. The smallest absolute Gasteiger partial charge is 0.251 e. The summed E-state index contributed by atoms with van der Waals surface area (Å²) >= 11 is 0. The molecule has 0 saturated carbocycles. The van der Waals surface area contributed by atoms with E-state index in [1.807, 2.05) is 0 Å². The van der Waals surface area contributed by atoms with E-state index in [0.29, 0.717) is 6.54 Å². The van der Waals surface area contributed by atoms with Gasteiger partial charge in [0, 0.05) is 30.7 Å². The van der Waals surface area contributed by atoms with E-state index >= 15 is 0 Å². The van der Waals surface area contributed by atoms with E-state index in [9.17, 15) is 13.2 Å². The second-order valence-electron chi connectivity index (χ2n) is 4.96. The van der Waals surface area contributed by atoms with Gasteiger partial charge in [-0.25, -0.2) is 8.42 Å². The van der Waals surface area contributed by atoms with Crippen LogP contribution in [0, 0.1) is 0 Å². The molecule has 0 aliphatic heterocycles. The van der Waals surface area contributed by atoms with E-state index in [0.717, 1.165) is 31.9 Å². The maximum atomic E-state index is 12.0. The average molecular weight is 314 g/mol. The molecule has 1 aromatic carbocycles. The molecular formula is C14H22N2O4S. The summed E-state index contributed by atoms with van der Waals surface area (Å²) in [5.41, 5.74) is 6.12. The fourth-order valence-electron chi connectivity index (χ4n) is 1.86. The molecule has 0 radical (unpaired) electrons. The minimum absolute atomic E-state index is 0.0376. The van der Waals surface area contributed by atoms with Gasteiger partial charge in [0.15, 0.2) is 9.84 Å². The van der Waals surface area contributed by atoms with Crippen molar-refractivity contribution in [2.45, 2.75) is 30.6 Å². The summed E-state index contributed by atoms with van der Waals surface area (Å²) in [7, 11) is -3.40. The zero-order valence-electron chi connectivity index (χ0n) is 12.1. The van der Waals surface area contributed by atoms with Crippen molar-refractivity contribution in [2.24, 2.45) is 0 Å². The fraction of sp³-hybridized carbons (Fsp3) is 0.500. The van der Waals surface area contributed by atoms with Crippen LogP contribution >= 0.6 is 0 Å². The SMILES string of the molecule is CS(=O)(=O)c1cc(N)cc(C(=O)NCCCCCCO)c1. The molecule has 0 heterocycles. The first kappa shape index (κ1) is 17.5. The van der Waals surface area contributed by atoms with Crippen molar-refractivity contribution in [1.82, 2.24) is 5.32 Å². The zero-order chi connectivity index (χ0) is 15.9. The van der Waals surface area contributed by atoms with Crippen LogP contribution in [0.3, 0.4) is 0 Å². The van der Waals surface area contributed by atoms with Gasteiger partial charge in [-0.1, -0.05) is 12.8 Å². The number of benzene rings is 1. The van der Waals surface area contributed by atoms with E-state index in [4.69, 9.17) is 10.8 Å². The van der Waals surface area contributed by atoms with Gasteiger partial charge in [-0.15, -0.1) is 0 Å². The Labute approximate surface area is 125 Å². The first-order chi connectivity index (χ1) is 9.84. The van der Waals surface area contributed by atoms with Gasteiger partial charge in [0.2, 0.25) is 0 Å². The number of rotatable bonds is 8. The third-order valence-electron chi connectivity index (χ3n) is 2.99. The van der Waals surface area contributed by atoms with Gasteiger partial charge in [0.1, 0.15) is 0 Å². The highest BCUT2D eigenvalue weighted by atomic mass is 32.2. The van der Waals surface area contributed by atoms with Crippen LogP contribution in [0.2, 0.25) is 0 Å². The molecule has 0 saturated heterocycles. The molecule has 0 aliphatic carbocycles. The normalized spacial score (nSPS) is 11.3. The van der Waals surface area contributed by atoms with Gasteiger partial charge in [-0.3, -0.25) is 4.79 Å². The first-order valence-corrected chi connectivity index (χ1v) is 8.73. The summed E-state index contributed by atoms with van der Waals surface area (Å²) in [5.74, 6) is -0.339. The molecule has 1 rings (SSSR count). The van der Waals surface area contributed by atoms with E-state index < -0.39 is 9.84 Å². The number of aliphatic hydroxyl groups excluding tert-OH is 1. The number of nitrogen functional groups attached to an aromatic ring is 1. The Morgan fingerprint density at radius 3 is 2.48 bits per heavy atom. The van der Waals surface area contributed by atoms with Crippen LogP contribution in [-0.2, 0) is 9.84 Å². The summed E-state index contributed by atoms with van der Waals surface area (Å²) in [4.78, 5) is 12.0. The lowest BCUT2D eigenvalue weighted by Crippen LogP contribution is -2.24. The first-order valence-electron chi connectivity index (χ1n) is 6.84. The summed E-state index contributed by atoms with van der Waals surface area (Å²) in [6, 6.07) is 4.11. The van der Waals surface area contributed by atoms with Crippen LogP contribution < -0.4 is 11.1 Å². The van der Waals surface area contributed by atoms with Crippen molar-refractivity contribution in [1.29, 1.82) is 0 Å². The number of aliphatic hydroxyl groups is 1. The summed E-state index contributed by atoms with van der Waals surface area (Å²) in [6.07, 6.45) is 4.49. The van der Waals surface area contributed by atoms with E-state index in [1.54, 1.807) is 0 Å². The zero-order valence-corrected chi connectivity index (χ0v) is 12.9. The standard InChI is InChI=1S/C14H22N2O4S/c1-21(19,20)13-9-11(8-12(15)10-13)14(18)16-6-4-2-3-5-7-17/h8-10,17H,2-7,15H2,1H3,(H,16,18). The van der Waals surface area contributed by atoms with Crippen LogP contribution in [0.1, 0.15) is 36.0 Å². The average Bonchev–Trinajstić information content (AvgIpc) is 2.40. The van der Waals surface area contributed by atoms with E-state index in [1.165, 1.54) is 18.2 Å². The number of hydrogen-bond acceptors (Lipinski definition) is 5. The van der Waals surface area contributed by atoms with Crippen LogP contribution in [0.15, 0.2) is 23.1 Å². The van der Waals surface area contributed by atoms with Crippen LogP contribution in [0.25, 0.3) is 0 Å². The molecule has 1 aromatic rings. The Morgan fingerprint density at radius 1 is 1.19 bits per heavy atom. The highest BCUT2D eigenvalue weighted by molar-refractivity contribution is 7.90. The molecule has 0 atom stereocenters. The van der Waals surface area contributed by atoms with Crippen LogP contribution in [0.5, 0.6) is 0 Å². The Balaban J connectivity index is 2.60. The maximum absolute atomic E-state index is 12.0. The largest absolute Gasteiger partial charge is 0.399 e. The molecule has 0 aliphatic rings. The Morgan fingerprint density at radius 2 is 1.86 bits per heavy atom. The molecule has 0 spiro atoms. The Kier molecular flexibility index (Phi) is 6.64. The second kappa shape index (κ2) is 7.99. The molecule has 0 fully saturated rings. The highest BCUT2D eigenvalue weighted by Crippen LogP contribution is 2.16. The van der Waals surface area contributed by atoms with Crippen molar-refractivity contribution >= 4 is 21.4 Å². The lowest BCUT2D eigenvalue weighted by Gasteiger charge is -2.08. The molecule has 21 heavy (non-hydrogen) atoms. The van der Waals surface area contributed by atoms with Gasteiger partial charge in [0.05, 0.1) is 4.90 Å². The number of carbonyl (C=O) groups excluding carboxylic acids is 1. The Bertz CT molecular complexity index is 585. The number of nitrogens with two attached hydrogens (primary N) is 1. The van der Waals surface area contributed by atoms with Crippen LogP contribution in [-0.4, -0.2) is 38.8 Å². The summed E-state index contributed by atoms with van der Waals surface area (Å²) in [5, 5.41) is 11.4. The molecule has 0 bridgehead atoms. The van der Waals surface area contributed by atoms with E-state index in [-0.39, 0.29) is 28.7 Å².